The fourth-order valence-electron chi connectivity index (χ4n) is 2.58. The van der Waals surface area contributed by atoms with Crippen LogP contribution in [0.1, 0.15) is 29.2 Å². The third-order valence-corrected chi connectivity index (χ3v) is 4.65. The largest absolute Gasteiger partial charge is 0.477 e. The number of carbonyl (C=O) groups is 1. The Morgan fingerprint density at radius 3 is 2.85 bits per heavy atom. The summed E-state index contributed by atoms with van der Waals surface area (Å²) in [5.41, 5.74) is -0.0508. The van der Waals surface area contributed by atoms with E-state index in [2.05, 4.69) is 4.98 Å². The zero-order valence-corrected chi connectivity index (χ0v) is 11.6. The SMILES string of the molecule is O=C(O)c1cn(C2CCSCC2)c2ncccc2c1=O. The van der Waals surface area contributed by atoms with Crippen molar-refractivity contribution in [2.24, 2.45) is 0 Å². The summed E-state index contributed by atoms with van der Waals surface area (Å²) in [6.07, 6.45) is 5.04. The van der Waals surface area contributed by atoms with Crippen molar-refractivity contribution in [3.8, 4) is 0 Å². The maximum atomic E-state index is 12.2. The molecule has 1 aliphatic heterocycles. The van der Waals surface area contributed by atoms with Crippen molar-refractivity contribution in [2.45, 2.75) is 18.9 Å². The Hall–Kier alpha value is -1.82. The summed E-state index contributed by atoms with van der Waals surface area (Å²) in [5.74, 6) is 0.917. The van der Waals surface area contributed by atoms with Gasteiger partial charge in [-0.05, 0) is 36.5 Å². The first-order valence-corrected chi connectivity index (χ1v) is 7.65. The molecule has 1 fully saturated rings. The van der Waals surface area contributed by atoms with Crippen LogP contribution in [0, 0.1) is 0 Å². The van der Waals surface area contributed by atoms with E-state index in [0.717, 1.165) is 24.3 Å². The monoisotopic (exact) mass is 290 g/mol. The van der Waals surface area contributed by atoms with Gasteiger partial charge in [0.15, 0.2) is 0 Å². The van der Waals surface area contributed by atoms with Gasteiger partial charge in [-0.3, -0.25) is 4.79 Å². The molecule has 0 amide bonds. The normalized spacial score (nSPS) is 16.4. The van der Waals surface area contributed by atoms with Crippen molar-refractivity contribution in [1.82, 2.24) is 9.55 Å². The number of nitrogens with zero attached hydrogens (tertiary/aromatic N) is 2. The number of rotatable bonds is 2. The molecule has 0 saturated carbocycles. The van der Waals surface area contributed by atoms with Gasteiger partial charge in [0.25, 0.3) is 0 Å². The first kappa shape index (κ1) is 13.2. The molecule has 0 aromatic carbocycles. The molecule has 0 aliphatic carbocycles. The second-order valence-electron chi connectivity index (χ2n) is 4.80. The average molecular weight is 290 g/mol. The molecule has 2 aromatic rings. The Labute approximate surface area is 119 Å². The summed E-state index contributed by atoms with van der Waals surface area (Å²) >= 11 is 1.90. The lowest BCUT2D eigenvalue weighted by molar-refractivity contribution is 0.0694. The summed E-state index contributed by atoms with van der Waals surface area (Å²) in [6, 6.07) is 3.52. The van der Waals surface area contributed by atoms with E-state index in [1.54, 1.807) is 18.3 Å². The minimum Gasteiger partial charge on any atom is -0.477 e. The second kappa shape index (κ2) is 5.28. The van der Waals surface area contributed by atoms with Crippen molar-refractivity contribution in [1.29, 1.82) is 0 Å². The maximum Gasteiger partial charge on any atom is 0.341 e. The van der Waals surface area contributed by atoms with E-state index >= 15 is 0 Å². The number of aromatic carboxylic acids is 1. The summed E-state index contributed by atoms with van der Waals surface area (Å²) in [4.78, 5) is 27.7. The molecule has 1 aliphatic rings. The van der Waals surface area contributed by atoms with E-state index in [4.69, 9.17) is 0 Å². The zero-order valence-electron chi connectivity index (χ0n) is 10.8. The molecule has 0 unspecified atom stereocenters. The zero-order chi connectivity index (χ0) is 14.1. The number of thioether (sulfide) groups is 1. The summed E-state index contributed by atoms with van der Waals surface area (Å²) < 4.78 is 1.87. The molecule has 0 radical (unpaired) electrons. The molecule has 5 nitrogen and oxygen atoms in total. The lowest BCUT2D eigenvalue weighted by atomic mass is 10.1. The Morgan fingerprint density at radius 1 is 1.40 bits per heavy atom. The predicted molar refractivity (Wildman–Crippen MR) is 78.6 cm³/mol. The van der Waals surface area contributed by atoms with Crippen LogP contribution in [0.4, 0.5) is 0 Å². The number of carboxylic acid groups (broad SMARTS) is 1. The van der Waals surface area contributed by atoms with Crippen LogP contribution in [-0.4, -0.2) is 32.1 Å². The van der Waals surface area contributed by atoms with Gasteiger partial charge >= 0.3 is 5.97 Å². The van der Waals surface area contributed by atoms with E-state index < -0.39 is 11.4 Å². The number of carboxylic acids is 1. The van der Waals surface area contributed by atoms with Gasteiger partial charge in [-0.25, -0.2) is 9.78 Å². The highest BCUT2D eigenvalue weighted by Crippen LogP contribution is 2.28. The summed E-state index contributed by atoms with van der Waals surface area (Å²) in [7, 11) is 0. The Balaban J connectivity index is 2.26. The molecule has 1 saturated heterocycles. The number of aromatic nitrogens is 2. The third kappa shape index (κ3) is 2.20. The molecular weight excluding hydrogens is 276 g/mol. The van der Waals surface area contributed by atoms with Gasteiger partial charge in [-0.2, -0.15) is 11.8 Å². The number of hydrogen-bond donors (Lipinski definition) is 1. The van der Waals surface area contributed by atoms with Crippen LogP contribution in [0.5, 0.6) is 0 Å². The van der Waals surface area contributed by atoms with Crippen molar-refractivity contribution >= 4 is 28.8 Å². The van der Waals surface area contributed by atoms with E-state index in [1.807, 2.05) is 16.3 Å². The molecule has 104 valence electrons. The number of pyridine rings is 2. The molecule has 20 heavy (non-hydrogen) atoms. The summed E-state index contributed by atoms with van der Waals surface area (Å²) in [6.45, 7) is 0. The Bertz CT molecular complexity index is 720. The highest BCUT2D eigenvalue weighted by atomic mass is 32.2. The van der Waals surface area contributed by atoms with Gasteiger partial charge in [0.2, 0.25) is 5.43 Å². The van der Waals surface area contributed by atoms with E-state index in [0.29, 0.717) is 11.0 Å². The van der Waals surface area contributed by atoms with Gasteiger partial charge in [0.1, 0.15) is 11.2 Å². The van der Waals surface area contributed by atoms with Crippen LogP contribution in [0.3, 0.4) is 0 Å². The minimum absolute atomic E-state index is 0.177. The molecule has 3 heterocycles. The van der Waals surface area contributed by atoms with Crippen LogP contribution >= 0.6 is 11.8 Å². The predicted octanol–water partition coefficient (Wildman–Crippen LogP) is 2.16. The molecule has 3 rings (SSSR count). The van der Waals surface area contributed by atoms with Crippen LogP contribution < -0.4 is 5.43 Å². The van der Waals surface area contributed by atoms with Crippen molar-refractivity contribution < 1.29 is 9.90 Å². The highest BCUT2D eigenvalue weighted by molar-refractivity contribution is 7.99. The summed E-state index contributed by atoms with van der Waals surface area (Å²) in [5, 5.41) is 9.59. The molecule has 0 spiro atoms. The second-order valence-corrected chi connectivity index (χ2v) is 6.03. The van der Waals surface area contributed by atoms with E-state index in [-0.39, 0.29) is 11.6 Å². The fourth-order valence-corrected chi connectivity index (χ4v) is 3.66. The van der Waals surface area contributed by atoms with Crippen LogP contribution in [0.25, 0.3) is 11.0 Å². The Kier molecular flexibility index (Phi) is 3.48. The molecule has 1 N–H and O–H groups in total. The minimum atomic E-state index is -1.18. The van der Waals surface area contributed by atoms with Crippen LogP contribution in [0.2, 0.25) is 0 Å². The quantitative estimate of drug-likeness (QED) is 0.917. The van der Waals surface area contributed by atoms with Crippen molar-refractivity contribution in [2.75, 3.05) is 11.5 Å². The van der Waals surface area contributed by atoms with Gasteiger partial charge in [0.05, 0.1) is 5.39 Å². The maximum absolute atomic E-state index is 12.2. The first-order valence-electron chi connectivity index (χ1n) is 6.49. The third-order valence-electron chi connectivity index (χ3n) is 3.60. The van der Waals surface area contributed by atoms with Crippen LogP contribution in [-0.2, 0) is 0 Å². The van der Waals surface area contributed by atoms with Gasteiger partial charge in [-0.15, -0.1) is 0 Å². The molecule has 6 heteroatoms. The molecule has 0 atom stereocenters. The number of hydrogen-bond acceptors (Lipinski definition) is 4. The van der Waals surface area contributed by atoms with E-state index in [1.165, 1.54) is 6.20 Å². The van der Waals surface area contributed by atoms with Crippen molar-refractivity contribution in [3.63, 3.8) is 0 Å². The molecule has 2 aromatic heterocycles. The van der Waals surface area contributed by atoms with Crippen molar-refractivity contribution in [3.05, 3.63) is 40.3 Å². The fraction of sp³-hybridized carbons (Fsp3) is 0.357. The van der Waals surface area contributed by atoms with Gasteiger partial charge < -0.3 is 9.67 Å². The first-order chi connectivity index (χ1) is 9.68. The average Bonchev–Trinajstić information content (AvgIpc) is 2.48. The Morgan fingerprint density at radius 2 is 2.15 bits per heavy atom. The van der Waals surface area contributed by atoms with E-state index in [9.17, 15) is 14.7 Å². The standard InChI is InChI=1S/C14H14N2O3S/c17-12-10-2-1-5-15-13(10)16(8-11(12)14(18)19)9-3-6-20-7-4-9/h1-2,5,8-9H,3-4,6-7H2,(H,18,19). The van der Waals surface area contributed by atoms with Crippen LogP contribution in [0.15, 0.2) is 29.3 Å². The molecular formula is C14H14N2O3S. The van der Waals surface area contributed by atoms with Gasteiger partial charge in [0, 0.05) is 18.4 Å². The topological polar surface area (TPSA) is 72.2 Å². The smallest absolute Gasteiger partial charge is 0.341 e. The van der Waals surface area contributed by atoms with Gasteiger partial charge in [-0.1, -0.05) is 0 Å². The number of fused-ring (bicyclic) bond motifs is 1. The molecule has 0 bridgehead atoms. The highest BCUT2D eigenvalue weighted by Gasteiger charge is 2.21. The lowest BCUT2D eigenvalue weighted by Crippen LogP contribution is -2.23. The lowest BCUT2D eigenvalue weighted by Gasteiger charge is -2.25.